The number of anilines is 1. The molecule has 0 fully saturated rings. The van der Waals surface area contributed by atoms with Gasteiger partial charge in [-0.05, 0) is 31.2 Å². The maximum atomic E-state index is 5.23. The highest BCUT2D eigenvalue weighted by molar-refractivity contribution is 7.22. The maximum Gasteiger partial charge on any atom is 0.184 e. The summed E-state index contributed by atoms with van der Waals surface area (Å²) < 4.78 is 8.26. The van der Waals surface area contributed by atoms with E-state index in [9.17, 15) is 0 Å². The SMILES string of the molecule is COc1ccc2nc(NC(C)Cn3cccn3)sc2c1. The molecule has 0 aliphatic heterocycles. The van der Waals surface area contributed by atoms with Crippen LogP contribution in [0.4, 0.5) is 5.13 Å². The Kier molecular flexibility index (Phi) is 3.56. The van der Waals surface area contributed by atoms with Gasteiger partial charge in [0, 0.05) is 18.4 Å². The van der Waals surface area contributed by atoms with E-state index in [2.05, 4.69) is 22.3 Å². The quantitative estimate of drug-likeness (QED) is 0.784. The van der Waals surface area contributed by atoms with Crippen molar-refractivity contribution in [1.82, 2.24) is 14.8 Å². The lowest BCUT2D eigenvalue weighted by Gasteiger charge is -2.12. The standard InChI is InChI=1S/C14H16N4OS/c1-10(9-18-7-3-6-15-18)16-14-17-12-5-4-11(19-2)8-13(12)20-14/h3-8,10H,9H2,1-2H3,(H,16,17). The first-order chi connectivity index (χ1) is 9.74. The largest absolute Gasteiger partial charge is 0.497 e. The maximum absolute atomic E-state index is 5.23. The molecule has 1 atom stereocenters. The highest BCUT2D eigenvalue weighted by Gasteiger charge is 2.08. The van der Waals surface area contributed by atoms with Gasteiger partial charge in [0.2, 0.25) is 0 Å². The molecule has 0 saturated heterocycles. The second-order valence-electron chi connectivity index (χ2n) is 4.63. The predicted molar refractivity (Wildman–Crippen MR) is 81.5 cm³/mol. The van der Waals surface area contributed by atoms with E-state index in [1.165, 1.54) is 0 Å². The summed E-state index contributed by atoms with van der Waals surface area (Å²) in [4.78, 5) is 4.58. The number of ether oxygens (including phenoxy) is 1. The van der Waals surface area contributed by atoms with Gasteiger partial charge in [-0.2, -0.15) is 5.10 Å². The van der Waals surface area contributed by atoms with E-state index >= 15 is 0 Å². The lowest BCUT2D eigenvalue weighted by atomic mass is 10.3. The molecule has 0 aliphatic carbocycles. The number of hydrogen-bond acceptors (Lipinski definition) is 5. The van der Waals surface area contributed by atoms with Crippen molar-refractivity contribution in [2.24, 2.45) is 0 Å². The molecule has 1 N–H and O–H groups in total. The molecule has 3 rings (SSSR count). The normalized spacial score (nSPS) is 12.5. The molecule has 2 heterocycles. The molecule has 2 aromatic heterocycles. The van der Waals surface area contributed by atoms with Gasteiger partial charge in [-0.15, -0.1) is 0 Å². The van der Waals surface area contributed by atoms with Crippen molar-refractivity contribution in [2.45, 2.75) is 19.5 Å². The molecule has 1 aromatic carbocycles. The van der Waals surface area contributed by atoms with Gasteiger partial charge in [0.15, 0.2) is 5.13 Å². The third kappa shape index (κ3) is 2.75. The summed E-state index contributed by atoms with van der Waals surface area (Å²) in [7, 11) is 1.67. The Morgan fingerprint density at radius 2 is 2.35 bits per heavy atom. The minimum absolute atomic E-state index is 0.261. The van der Waals surface area contributed by atoms with E-state index in [4.69, 9.17) is 4.74 Å². The minimum Gasteiger partial charge on any atom is -0.497 e. The summed E-state index contributed by atoms with van der Waals surface area (Å²) in [5, 5.41) is 8.54. The Balaban J connectivity index is 1.73. The van der Waals surface area contributed by atoms with Gasteiger partial charge in [-0.3, -0.25) is 4.68 Å². The van der Waals surface area contributed by atoms with Gasteiger partial charge in [0.25, 0.3) is 0 Å². The van der Waals surface area contributed by atoms with Crippen LogP contribution in [0.1, 0.15) is 6.92 Å². The Labute approximate surface area is 121 Å². The Bertz CT molecular complexity index is 692. The second-order valence-corrected chi connectivity index (χ2v) is 5.66. The average molecular weight is 288 g/mol. The smallest absolute Gasteiger partial charge is 0.184 e. The summed E-state index contributed by atoms with van der Waals surface area (Å²) in [5.74, 6) is 0.859. The number of aromatic nitrogens is 3. The zero-order valence-electron chi connectivity index (χ0n) is 11.4. The summed E-state index contributed by atoms with van der Waals surface area (Å²) in [6.45, 7) is 2.93. The zero-order valence-corrected chi connectivity index (χ0v) is 12.2. The van der Waals surface area contributed by atoms with E-state index in [1.54, 1.807) is 24.6 Å². The van der Waals surface area contributed by atoms with Crippen LogP contribution in [-0.4, -0.2) is 27.9 Å². The van der Waals surface area contributed by atoms with Crippen molar-refractivity contribution < 1.29 is 4.74 Å². The van der Waals surface area contributed by atoms with Gasteiger partial charge in [0.1, 0.15) is 5.75 Å². The van der Waals surface area contributed by atoms with E-state index in [-0.39, 0.29) is 6.04 Å². The van der Waals surface area contributed by atoms with Crippen LogP contribution in [0.5, 0.6) is 5.75 Å². The van der Waals surface area contributed by atoms with Crippen LogP contribution in [-0.2, 0) is 6.54 Å². The summed E-state index contributed by atoms with van der Waals surface area (Å²) in [5.41, 5.74) is 0.990. The number of fused-ring (bicyclic) bond motifs is 1. The number of nitrogens with one attached hydrogen (secondary N) is 1. The molecule has 0 bridgehead atoms. The number of thiazole rings is 1. The highest BCUT2D eigenvalue weighted by atomic mass is 32.1. The van der Waals surface area contributed by atoms with Crippen molar-refractivity contribution in [3.8, 4) is 5.75 Å². The van der Waals surface area contributed by atoms with E-state index in [0.29, 0.717) is 0 Å². The van der Waals surface area contributed by atoms with Crippen LogP contribution >= 0.6 is 11.3 Å². The van der Waals surface area contributed by atoms with Gasteiger partial charge in [-0.25, -0.2) is 4.98 Å². The highest BCUT2D eigenvalue weighted by Crippen LogP contribution is 2.29. The van der Waals surface area contributed by atoms with Crippen LogP contribution in [0.25, 0.3) is 10.2 Å². The van der Waals surface area contributed by atoms with Crippen molar-refractivity contribution in [1.29, 1.82) is 0 Å². The van der Waals surface area contributed by atoms with Crippen molar-refractivity contribution in [3.63, 3.8) is 0 Å². The molecule has 1 unspecified atom stereocenters. The molecule has 3 aromatic rings. The van der Waals surface area contributed by atoms with Crippen LogP contribution in [0.3, 0.4) is 0 Å². The van der Waals surface area contributed by atoms with E-state index in [0.717, 1.165) is 27.6 Å². The van der Waals surface area contributed by atoms with Gasteiger partial charge < -0.3 is 10.1 Å². The van der Waals surface area contributed by atoms with Crippen molar-refractivity contribution in [3.05, 3.63) is 36.7 Å². The number of nitrogens with zero attached hydrogens (tertiary/aromatic N) is 3. The fourth-order valence-corrected chi connectivity index (χ4v) is 3.04. The molecular weight excluding hydrogens is 272 g/mol. The Morgan fingerprint density at radius 1 is 1.45 bits per heavy atom. The number of rotatable bonds is 5. The fourth-order valence-electron chi connectivity index (χ4n) is 2.04. The van der Waals surface area contributed by atoms with E-state index < -0.39 is 0 Å². The van der Waals surface area contributed by atoms with Crippen LogP contribution in [0.2, 0.25) is 0 Å². The number of hydrogen-bond donors (Lipinski definition) is 1. The molecule has 0 saturated carbocycles. The third-order valence-corrected chi connectivity index (χ3v) is 3.93. The first-order valence-electron chi connectivity index (χ1n) is 6.43. The molecule has 6 heteroatoms. The topological polar surface area (TPSA) is 52.0 Å². The molecule has 0 radical (unpaired) electrons. The Morgan fingerprint density at radius 3 is 3.10 bits per heavy atom. The van der Waals surface area contributed by atoms with Crippen LogP contribution in [0, 0.1) is 0 Å². The number of benzene rings is 1. The molecule has 0 spiro atoms. The van der Waals surface area contributed by atoms with Crippen LogP contribution in [0.15, 0.2) is 36.7 Å². The second kappa shape index (κ2) is 5.50. The molecular formula is C14H16N4OS. The lowest BCUT2D eigenvalue weighted by molar-refractivity contribution is 0.415. The first kappa shape index (κ1) is 12.9. The fraction of sp³-hybridized carbons (Fsp3) is 0.286. The van der Waals surface area contributed by atoms with E-state index in [1.807, 2.05) is 35.1 Å². The van der Waals surface area contributed by atoms with Gasteiger partial charge in [-0.1, -0.05) is 11.3 Å². The van der Waals surface area contributed by atoms with Crippen molar-refractivity contribution in [2.75, 3.05) is 12.4 Å². The molecule has 20 heavy (non-hydrogen) atoms. The average Bonchev–Trinajstić information content (AvgIpc) is 3.06. The summed E-state index contributed by atoms with van der Waals surface area (Å²) >= 11 is 1.64. The third-order valence-electron chi connectivity index (χ3n) is 2.99. The molecule has 0 aliphatic rings. The first-order valence-corrected chi connectivity index (χ1v) is 7.25. The number of methoxy groups -OCH3 is 1. The van der Waals surface area contributed by atoms with Crippen LogP contribution < -0.4 is 10.1 Å². The van der Waals surface area contributed by atoms with Gasteiger partial charge in [0.05, 0.1) is 23.9 Å². The summed E-state index contributed by atoms with van der Waals surface area (Å²) in [6.07, 6.45) is 3.75. The van der Waals surface area contributed by atoms with Crippen molar-refractivity contribution >= 4 is 26.7 Å². The zero-order chi connectivity index (χ0) is 13.9. The Hall–Kier alpha value is -2.08. The minimum atomic E-state index is 0.261. The monoisotopic (exact) mass is 288 g/mol. The van der Waals surface area contributed by atoms with Gasteiger partial charge >= 0.3 is 0 Å². The lowest BCUT2D eigenvalue weighted by Crippen LogP contribution is -2.22. The predicted octanol–water partition coefficient (Wildman–Crippen LogP) is 3.00. The summed E-state index contributed by atoms with van der Waals surface area (Å²) in [6, 6.07) is 8.11. The molecule has 0 amide bonds. The molecule has 5 nitrogen and oxygen atoms in total. The molecule has 104 valence electrons.